The van der Waals surface area contributed by atoms with Crippen molar-refractivity contribution in [1.29, 1.82) is 0 Å². The van der Waals surface area contributed by atoms with Crippen molar-refractivity contribution in [3.8, 4) is 0 Å². The Morgan fingerprint density at radius 3 is 2.17 bits per heavy atom. The van der Waals surface area contributed by atoms with Crippen LogP contribution in [-0.4, -0.2) is 35.7 Å². The van der Waals surface area contributed by atoms with E-state index in [4.69, 9.17) is 5.73 Å². The molecule has 6 nitrogen and oxygen atoms in total. The van der Waals surface area contributed by atoms with Crippen LogP contribution in [0.25, 0.3) is 0 Å². The number of rotatable bonds is 9. The van der Waals surface area contributed by atoms with Crippen molar-refractivity contribution < 1.29 is 23.2 Å². The van der Waals surface area contributed by atoms with Gasteiger partial charge in [0.25, 0.3) is 0 Å². The Kier molecular flexibility index (Phi) is 8.17. The predicted octanol–water partition coefficient (Wildman–Crippen LogP) is 1.66. The smallest absolute Gasteiger partial charge is 0.242 e. The molecule has 0 fully saturated rings. The van der Waals surface area contributed by atoms with Crippen molar-refractivity contribution in [2.24, 2.45) is 5.73 Å². The second kappa shape index (κ2) is 10.6. The van der Waals surface area contributed by atoms with Crippen LogP contribution in [0, 0.1) is 11.6 Å². The van der Waals surface area contributed by atoms with E-state index in [1.54, 1.807) is 0 Å². The molecule has 0 heterocycles. The van der Waals surface area contributed by atoms with Gasteiger partial charge in [0.1, 0.15) is 6.04 Å². The molecular formula is C22H25F2N3O3. The SMILES string of the molecule is CC(=O)[C@@H](Cc1ccccc1)NC(=O)[C@@H](C)NC(=O)[C@H](N)Cc1ccc(F)c(F)c1. The Bertz CT molecular complexity index is 906. The fourth-order valence-electron chi connectivity index (χ4n) is 2.84. The summed E-state index contributed by atoms with van der Waals surface area (Å²) in [7, 11) is 0. The van der Waals surface area contributed by atoms with Gasteiger partial charge in [-0.3, -0.25) is 14.4 Å². The van der Waals surface area contributed by atoms with Crippen molar-refractivity contribution >= 4 is 17.6 Å². The van der Waals surface area contributed by atoms with E-state index in [2.05, 4.69) is 10.6 Å². The number of amides is 2. The molecule has 0 aliphatic carbocycles. The first-order valence-electron chi connectivity index (χ1n) is 9.52. The van der Waals surface area contributed by atoms with Crippen LogP contribution in [0.3, 0.4) is 0 Å². The van der Waals surface area contributed by atoms with Gasteiger partial charge in [0, 0.05) is 0 Å². The molecule has 0 spiro atoms. The number of nitrogens with two attached hydrogens (primary N) is 1. The monoisotopic (exact) mass is 417 g/mol. The van der Waals surface area contributed by atoms with Crippen LogP contribution in [0.2, 0.25) is 0 Å². The highest BCUT2D eigenvalue weighted by Gasteiger charge is 2.24. The van der Waals surface area contributed by atoms with Gasteiger partial charge < -0.3 is 16.4 Å². The topological polar surface area (TPSA) is 101 Å². The van der Waals surface area contributed by atoms with E-state index in [1.807, 2.05) is 30.3 Å². The molecule has 30 heavy (non-hydrogen) atoms. The first-order valence-corrected chi connectivity index (χ1v) is 9.52. The third-order valence-corrected chi connectivity index (χ3v) is 4.62. The Labute approximate surface area is 173 Å². The number of carbonyl (C=O) groups is 3. The molecular weight excluding hydrogens is 392 g/mol. The number of carbonyl (C=O) groups excluding carboxylic acids is 3. The van der Waals surface area contributed by atoms with E-state index in [-0.39, 0.29) is 12.2 Å². The second-order valence-corrected chi connectivity index (χ2v) is 7.15. The first-order chi connectivity index (χ1) is 14.2. The molecule has 3 atom stereocenters. The summed E-state index contributed by atoms with van der Waals surface area (Å²) in [5.74, 6) is -3.37. The molecule has 8 heteroatoms. The number of ketones is 1. The van der Waals surface area contributed by atoms with Crippen molar-refractivity contribution in [3.63, 3.8) is 0 Å². The lowest BCUT2D eigenvalue weighted by Crippen LogP contribution is -2.53. The molecule has 2 aromatic carbocycles. The Hall–Kier alpha value is -3.13. The fraction of sp³-hybridized carbons (Fsp3) is 0.318. The summed E-state index contributed by atoms with van der Waals surface area (Å²) < 4.78 is 26.3. The Balaban J connectivity index is 1.91. The van der Waals surface area contributed by atoms with E-state index in [9.17, 15) is 23.2 Å². The molecule has 0 radical (unpaired) electrons. The molecule has 4 N–H and O–H groups in total. The van der Waals surface area contributed by atoms with Crippen molar-refractivity contribution in [2.45, 2.75) is 44.8 Å². The van der Waals surface area contributed by atoms with Gasteiger partial charge in [-0.1, -0.05) is 36.4 Å². The van der Waals surface area contributed by atoms with E-state index < -0.39 is 41.6 Å². The van der Waals surface area contributed by atoms with Crippen molar-refractivity contribution in [1.82, 2.24) is 10.6 Å². The van der Waals surface area contributed by atoms with Gasteiger partial charge in [-0.15, -0.1) is 0 Å². The quantitative estimate of drug-likeness (QED) is 0.578. The van der Waals surface area contributed by atoms with Crippen LogP contribution >= 0.6 is 0 Å². The van der Waals surface area contributed by atoms with Gasteiger partial charge in [0.15, 0.2) is 17.4 Å². The standard InChI is InChI=1S/C22H25F2N3O3/c1-13(21(29)27-20(14(2)28)12-15-6-4-3-5-7-15)26-22(30)19(25)11-16-8-9-17(23)18(24)10-16/h3-10,13,19-20H,11-12,25H2,1-2H3,(H,26,30)(H,27,29)/t13-,19-,20-/m1/s1. The average molecular weight is 417 g/mol. The zero-order valence-electron chi connectivity index (χ0n) is 16.8. The molecule has 0 aliphatic heterocycles. The number of nitrogens with one attached hydrogen (secondary N) is 2. The lowest BCUT2D eigenvalue weighted by molar-refractivity contribution is -0.131. The lowest BCUT2D eigenvalue weighted by Gasteiger charge is -2.21. The largest absolute Gasteiger partial charge is 0.344 e. The van der Waals surface area contributed by atoms with Crippen molar-refractivity contribution in [2.75, 3.05) is 0 Å². The number of benzene rings is 2. The molecule has 0 aliphatic rings. The minimum absolute atomic E-state index is 0.0263. The number of hydrogen-bond acceptors (Lipinski definition) is 4. The summed E-state index contributed by atoms with van der Waals surface area (Å²) in [5, 5.41) is 5.12. The highest BCUT2D eigenvalue weighted by Crippen LogP contribution is 2.10. The third kappa shape index (κ3) is 6.73. The molecule has 2 amide bonds. The minimum atomic E-state index is -1.06. The van der Waals surface area contributed by atoms with Gasteiger partial charge in [0.2, 0.25) is 11.8 Å². The van der Waals surface area contributed by atoms with E-state index in [0.29, 0.717) is 12.0 Å². The van der Waals surface area contributed by atoms with Crippen molar-refractivity contribution in [3.05, 3.63) is 71.3 Å². The Morgan fingerprint density at radius 1 is 0.900 bits per heavy atom. The molecule has 0 unspecified atom stereocenters. The van der Waals surface area contributed by atoms with Crippen LogP contribution in [0.15, 0.2) is 48.5 Å². The van der Waals surface area contributed by atoms with Gasteiger partial charge in [-0.25, -0.2) is 8.78 Å². The summed E-state index contributed by atoms with van der Waals surface area (Å²) in [6, 6.07) is 9.78. The number of hydrogen-bond donors (Lipinski definition) is 3. The van der Waals surface area contributed by atoms with Crippen LogP contribution < -0.4 is 16.4 Å². The molecule has 0 saturated carbocycles. The van der Waals surface area contributed by atoms with Crippen LogP contribution in [0.5, 0.6) is 0 Å². The maximum atomic E-state index is 13.3. The van der Waals surface area contributed by atoms with Gasteiger partial charge in [0.05, 0.1) is 12.1 Å². The van der Waals surface area contributed by atoms with Crippen LogP contribution in [-0.2, 0) is 27.2 Å². The number of halogens is 2. The fourth-order valence-corrected chi connectivity index (χ4v) is 2.84. The summed E-state index contributed by atoms with van der Waals surface area (Å²) in [6.07, 6.45) is 0.305. The highest BCUT2D eigenvalue weighted by atomic mass is 19.2. The zero-order chi connectivity index (χ0) is 22.3. The van der Waals surface area contributed by atoms with E-state index >= 15 is 0 Å². The molecule has 2 rings (SSSR count). The summed E-state index contributed by atoms with van der Waals surface area (Å²) in [4.78, 5) is 36.6. The predicted molar refractivity (Wildman–Crippen MR) is 108 cm³/mol. The molecule has 160 valence electrons. The summed E-state index contributed by atoms with van der Waals surface area (Å²) in [6.45, 7) is 2.85. The normalized spacial score (nSPS) is 13.8. The van der Waals surface area contributed by atoms with Gasteiger partial charge >= 0.3 is 0 Å². The first kappa shape index (κ1) is 23.2. The highest BCUT2D eigenvalue weighted by molar-refractivity contribution is 5.92. The summed E-state index contributed by atoms with van der Waals surface area (Å²) >= 11 is 0. The second-order valence-electron chi connectivity index (χ2n) is 7.15. The zero-order valence-corrected chi connectivity index (χ0v) is 16.8. The van der Waals surface area contributed by atoms with Crippen LogP contribution in [0.4, 0.5) is 8.78 Å². The van der Waals surface area contributed by atoms with Crippen LogP contribution in [0.1, 0.15) is 25.0 Å². The van der Waals surface area contributed by atoms with E-state index in [1.165, 1.54) is 19.9 Å². The average Bonchev–Trinajstić information content (AvgIpc) is 2.70. The summed E-state index contributed by atoms with van der Waals surface area (Å²) in [5.41, 5.74) is 7.07. The lowest BCUT2D eigenvalue weighted by atomic mass is 10.0. The molecule has 2 aromatic rings. The molecule has 0 saturated heterocycles. The van der Waals surface area contributed by atoms with Gasteiger partial charge in [-0.05, 0) is 49.9 Å². The van der Waals surface area contributed by atoms with E-state index in [0.717, 1.165) is 17.7 Å². The van der Waals surface area contributed by atoms with Gasteiger partial charge in [-0.2, -0.15) is 0 Å². The maximum absolute atomic E-state index is 13.3. The third-order valence-electron chi connectivity index (χ3n) is 4.62. The molecule has 0 bridgehead atoms. The Morgan fingerprint density at radius 2 is 1.57 bits per heavy atom. The minimum Gasteiger partial charge on any atom is -0.344 e. The molecule has 0 aromatic heterocycles. The maximum Gasteiger partial charge on any atom is 0.242 e. The number of Topliss-reactive ketones (excluding diaryl/α,β-unsaturated/α-hetero) is 1.